The summed E-state index contributed by atoms with van der Waals surface area (Å²) in [7, 11) is 0. The number of furan rings is 1. The molecule has 1 heterocycles. The van der Waals surface area contributed by atoms with Crippen molar-refractivity contribution < 1.29 is 4.42 Å². The lowest BCUT2D eigenvalue weighted by Crippen LogP contribution is -2.26. The fraction of sp³-hybridized carbons (Fsp3) is 0.0169. The van der Waals surface area contributed by atoms with E-state index in [1.54, 1.807) is 0 Å². The summed E-state index contributed by atoms with van der Waals surface area (Å²) in [6.45, 7) is 0. The Labute approximate surface area is 354 Å². The molecule has 2 heteroatoms. The van der Waals surface area contributed by atoms with Crippen LogP contribution in [0.1, 0.15) is 22.3 Å². The highest BCUT2D eigenvalue weighted by atomic mass is 16.3. The summed E-state index contributed by atoms with van der Waals surface area (Å²) >= 11 is 0. The average molecular weight is 776 g/mol. The summed E-state index contributed by atoms with van der Waals surface area (Å²) in [4.78, 5) is 2.49. The Hall–Kier alpha value is -7.94. The van der Waals surface area contributed by atoms with Crippen LogP contribution in [0.15, 0.2) is 229 Å². The van der Waals surface area contributed by atoms with Gasteiger partial charge in [-0.25, -0.2) is 0 Å². The molecule has 1 aromatic heterocycles. The minimum atomic E-state index is -0.463. The predicted molar refractivity (Wildman–Crippen MR) is 253 cm³/mol. The van der Waals surface area contributed by atoms with Crippen LogP contribution < -0.4 is 4.90 Å². The molecule has 284 valence electrons. The Morgan fingerprint density at radius 3 is 1.74 bits per heavy atom. The van der Waals surface area contributed by atoms with Crippen LogP contribution in [0.5, 0.6) is 0 Å². The second-order valence-corrected chi connectivity index (χ2v) is 16.3. The third-order valence-electron chi connectivity index (χ3n) is 13.3. The minimum Gasteiger partial charge on any atom is -0.455 e. The van der Waals surface area contributed by atoms with Gasteiger partial charge in [0.05, 0.1) is 22.2 Å². The highest BCUT2D eigenvalue weighted by Crippen LogP contribution is 2.65. The first kappa shape index (κ1) is 34.0. The van der Waals surface area contributed by atoms with Crippen molar-refractivity contribution in [2.24, 2.45) is 0 Å². The van der Waals surface area contributed by atoms with Crippen molar-refractivity contribution >= 4 is 49.8 Å². The van der Waals surface area contributed by atoms with E-state index in [4.69, 9.17) is 4.42 Å². The average Bonchev–Trinajstić information content (AvgIpc) is 3.97. The Kier molecular flexibility index (Phi) is 7.26. The van der Waals surface area contributed by atoms with E-state index in [2.05, 4.69) is 229 Å². The summed E-state index contributed by atoms with van der Waals surface area (Å²) in [5, 5.41) is 4.66. The van der Waals surface area contributed by atoms with Crippen LogP contribution in [-0.4, -0.2) is 0 Å². The molecule has 0 atom stereocenters. The maximum atomic E-state index is 6.89. The smallest absolute Gasteiger partial charge is 0.145 e. The third-order valence-corrected chi connectivity index (χ3v) is 13.3. The lowest BCUT2D eigenvalue weighted by molar-refractivity contribution is 0.670. The first-order valence-electron chi connectivity index (χ1n) is 21.1. The first-order chi connectivity index (χ1) is 30.3. The molecule has 0 aliphatic heterocycles. The van der Waals surface area contributed by atoms with Crippen LogP contribution in [0.3, 0.4) is 0 Å². The lowest BCUT2D eigenvalue weighted by Gasteiger charge is -2.32. The monoisotopic (exact) mass is 775 g/mol. The molecule has 0 fully saturated rings. The van der Waals surface area contributed by atoms with Gasteiger partial charge in [-0.1, -0.05) is 182 Å². The molecule has 61 heavy (non-hydrogen) atoms. The third kappa shape index (κ3) is 4.79. The van der Waals surface area contributed by atoms with E-state index in [1.165, 1.54) is 66.4 Å². The van der Waals surface area contributed by atoms with E-state index < -0.39 is 5.41 Å². The fourth-order valence-electron chi connectivity index (χ4n) is 10.7. The van der Waals surface area contributed by atoms with E-state index in [-0.39, 0.29) is 0 Å². The zero-order chi connectivity index (χ0) is 40.1. The highest BCUT2D eigenvalue weighted by molar-refractivity contribution is 6.18. The molecular formula is C59H37NO. The maximum absolute atomic E-state index is 6.89. The number of hydrogen-bond acceptors (Lipinski definition) is 2. The Bertz CT molecular complexity index is 3490. The van der Waals surface area contributed by atoms with Crippen LogP contribution >= 0.6 is 0 Å². The maximum Gasteiger partial charge on any atom is 0.145 e. The quantitative estimate of drug-likeness (QED) is 0.173. The topological polar surface area (TPSA) is 16.4 Å². The summed E-state index contributed by atoms with van der Waals surface area (Å²) in [5.41, 5.74) is 19.5. The summed E-state index contributed by atoms with van der Waals surface area (Å²) in [6, 6.07) is 82.2. The zero-order valence-electron chi connectivity index (χ0n) is 33.2. The molecule has 0 saturated carbocycles. The molecule has 0 saturated heterocycles. The number of hydrogen-bond donors (Lipinski definition) is 0. The predicted octanol–water partition coefficient (Wildman–Crippen LogP) is 15.9. The first-order valence-corrected chi connectivity index (χ1v) is 21.1. The van der Waals surface area contributed by atoms with Gasteiger partial charge in [0.15, 0.2) is 0 Å². The van der Waals surface area contributed by atoms with Crippen LogP contribution in [0.4, 0.5) is 17.1 Å². The number of para-hydroxylation sites is 1. The molecule has 2 nitrogen and oxygen atoms in total. The van der Waals surface area contributed by atoms with Gasteiger partial charge in [0, 0.05) is 22.2 Å². The second-order valence-electron chi connectivity index (χ2n) is 16.3. The van der Waals surface area contributed by atoms with E-state index in [0.29, 0.717) is 0 Å². The van der Waals surface area contributed by atoms with Gasteiger partial charge in [-0.15, -0.1) is 0 Å². The van der Waals surface area contributed by atoms with Crippen LogP contribution in [-0.2, 0) is 5.41 Å². The molecule has 11 aromatic rings. The molecule has 0 radical (unpaired) electrons. The molecule has 13 rings (SSSR count). The van der Waals surface area contributed by atoms with Crippen molar-refractivity contribution in [1.82, 2.24) is 0 Å². The molecule has 0 N–H and O–H groups in total. The SMILES string of the molecule is c1ccc(-c2ccc(N(c3ccc(-c4ccc5ccccc5c4)cc3)c3cccc4c3-c3ccccc3C43c4ccccc4-c4ccccc43)c3c2oc2ccccc23)cc1. The van der Waals surface area contributed by atoms with Crippen molar-refractivity contribution in [2.75, 3.05) is 4.90 Å². The summed E-state index contributed by atoms with van der Waals surface area (Å²) in [6.07, 6.45) is 0. The Morgan fingerprint density at radius 2 is 0.967 bits per heavy atom. The number of anilines is 3. The van der Waals surface area contributed by atoms with Gasteiger partial charge in [-0.2, -0.15) is 0 Å². The van der Waals surface area contributed by atoms with Gasteiger partial charge < -0.3 is 9.32 Å². The van der Waals surface area contributed by atoms with Gasteiger partial charge in [0.2, 0.25) is 0 Å². The zero-order valence-corrected chi connectivity index (χ0v) is 33.2. The van der Waals surface area contributed by atoms with Gasteiger partial charge in [-0.3, -0.25) is 0 Å². The number of benzene rings is 10. The molecule has 0 bridgehead atoms. The van der Waals surface area contributed by atoms with Crippen molar-refractivity contribution in [3.63, 3.8) is 0 Å². The van der Waals surface area contributed by atoms with Crippen molar-refractivity contribution in [3.05, 3.63) is 247 Å². The van der Waals surface area contributed by atoms with Gasteiger partial charge in [0.25, 0.3) is 0 Å². The van der Waals surface area contributed by atoms with E-state index >= 15 is 0 Å². The van der Waals surface area contributed by atoms with Crippen molar-refractivity contribution in [3.8, 4) is 44.5 Å². The number of fused-ring (bicyclic) bond motifs is 14. The summed E-state index contributed by atoms with van der Waals surface area (Å²) in [5.74, 6) is 0. The number of rotatable bonds is 5. The number of nitrogens with zero attached hydrogens (tertiary/aromatic N) is 1. The van der Waals surface area contributed by atoms with Gasteiger partial charge in [-0.05, 0) is 109 Å². The van der Waals surface area contributed by atoms with E-state index in [9.17, 15) is 0 Å². The van der Waals surface area contributed by atoms with Crippen molar-refractivity contribution in [1.29, 1.82) is 0 Å². The lowest BCUT2D eigenvalue weighted by atomic mass is 9.70. The molecule has 2 aliphatic rings. The summed E-state index contributed by atoms with van der Waals surface area (Å²) < 4.78 is 6.89. The van der Waals surface area contributed by atoms with Crippen LogP contribution in [0, 0.1) is 0 Å². The second kappa shape index (κ2) is 13.0. The Morgan fingerprint density at radius 1 is 0.361 bits per heavy atom. The van der Waals surface area contributed by atoms with Gasteiger partial charge in [0.1, 0.15) is 11.2 Å². The van der Waals surface area contributed by atoms with Crippen LogP contribution in [0.2, 0.25) is 0 Å². The van der Waals surface area contributed by atoms with Crippen molar-refractivity contribution in [2.45, 2.75) is 5.41 Å². The normalized spacial score (nSPS) is 13.0. The van der Waals surface area contributed by atoms with E-state index in [0.717, 1.165) is 50.1 Å². The minimum absolute atomic E-state index is 0.463. The molecule has 0 unspecified atom stereocenters. The highest BCUT2D eigenvalue weighted by Gasteiger charge is 2.52. The molecule has 2 aliphatic carbocycles. The fourth-order valence-corrected chi connectivity index (χ4v) is 10.7. The Balaban J connectivity index is 1.10. The molecule has 0 amide bonds. The standard InChI is InChI=1S/C59H37NO/c1-2-16-40(17-3-1)44-35-36-54(57-48-22-9-13-28-55(48)61-58(44)57)60(43-33-31-39(32-34-43)42-30-29-38-15-4-5-18-41(38)37-42)53-27-14-26-52-56(53)47-21-8-12-25-51(47)59(52)49-23-10-6-19-45(49)46-20-7-11-24-50(46)59/h1-37H. The van der Waals surface area contributed by atoms with E-state index in [1.807, 2.05) is 0 Å². The molecule has 10 aromatic carbocycles. The molecule has 1 spiro atoms. The van der Waals surface area contributed by atoms with Crippen LogP contribution in [0.25, 0.3) is 77.2 Å². The largest absolute Gasteiger partial charge is 0.455 e. The van der Waals surface area contributed by atoms with Gasteiger partial charge >= 0.3 is 0 Å². The molecular weight excluding hydrogens is 739 g/mol.